The van der Waals surface area contributed by atoms with E-state index >= 15 is 0 Å². The van der Waals surface area contributed by atoms with Crippen LogP contribution in [0.3, 0.4) is 0 Å². The fourth-order valence-electron chi connectivity index (χ4n) is 1.38. The number of carboxylic acids is 1. The molecule has 20 heavy (non-hydrogen) atoms. The van der Waals surface area contributed by atoms with Crippen LogP contribution < -0.4 is 4.72 Å². The third-order valence-electron chi connectivity index (χ3n) is 2.43. The van der Waals surface area contributed by atoms with Gasteiger partial charge in [-0.3, -0.25) is 9.59 Å². The second-order valence-electron chi connectivity index (χ2n) is 3.96. The topological polar surface area (TPSA) is 138 Å². The average Bonchev–Trinajstić information content (AvgIpc) is 2.81. The van der Waals surface area contributed by atoms with E-state index in [1.165, 1.54) is 0 Å². The Kier molecular flexibility index (Phi) is 5.22. The quantitative estimate of drug-likeness (QED) is 0.572. The SMILES string of the molecule is COC(=O)CC[C@H](NS(=O)(=O)c1cnc(C)[nH]1)C(=O)O. The summed E-state index contributed by atoms with van der Waals surface area (Å²) in [4.78, 5) is 28.2. The number of nitrogens with zero attached hydrogens (tertiary/aromatic N) is 1. The summed E-state index contributed by atoms with van der Waals surface area (Å²) >= 11 is 0. The highest BCUT2D eigenvalue weighted by atomic mass is 32.2. The summed E-state index contributed by atoms with van der Waals surface area (Å²) in [5, 5.41) is 8.73. The van der Waals surface area contributed by atoms with E-state index in [1.807, 2.05) is 4.72 Å². The zero-order valence-corrected chi connectivity index (χ0v) is 11.7. The van der Waals surface area contributed by atoms with Crippen molar-refractivity contribution in [3.8, 4) is 0 Å². The number of aryl methyl sites for hydroxylation is 1. The number of ether oxygens (including phenoxy) is 1. The van der Waals surface area contributed by atoms with Gasteiger partial charge in [0.1, 0.15) is 11.9 Å². The first-order valence-electron chi connectivity index (χ1n) is 5.60. The third-order valence-corrected chi connectivity index (χ3v) is 3.81. The molecule has 0 unspecified atom stereocenters. The Balaban J connectivity index is 2.80. The molecule has 1 heterocycles. The molecule has 3 N–H and O–H groups in total. The zero-order valence-electron chi connectivity index (χ0n) is 10.9. The molecule has 1 aromatic heterocycles. The molecule has 1 aromatic rings. The normalized spacial score (nSPS) is 12.9. The van der Waals surface area contributed by atoms with Crippen LogP contribution in [0.25, 0.3) is 0 Å². The third kappa shape index (κ3) is 4.31. The summed E-state index contributed by atoms with van der Waals surface area (Å²) in [6, 6.07) is -1.43. The Labute approximate surface area is 115 Å². The lowest BCUT2D eigenvalue weighted by molar-refractivity contribution is -0.142. The maximum atomic E-state index is 11.9. The maximum absolute atomic E-state index is 11.9. The molecule has 0 aliphatic carbocycles. The number of imidazole rings is 1. The maximum Gasteiger partial charge on any atom is 0.321 e. The van der Waals surface area contributed by atoms with Gasteiger partial charge in [0.15, 0.2) is 5.03 Å². The molecular formula is C10H15N3O6S. The van der Waals surface area contributed by atoms with Gasteiger partial charge < -0.3 is 14.8 Å². The Bertz CT molecular complexity index is 594. The smallest absolute Gasteiger partial charge is 0.321 e. The van der Waals surface area contributed by atoms with Crippen LogP contribution in [0.2, 0.25) is 0 Å². The number of aromatic nitrogens is 2. The number of H-pyrrole nitrogens is 1. The molecule has 0 aliphatic heterocycles. The highest BCUT2D eigenvalue weighted by molar-refractivity contribution is 7.89. The van der Waals surface area contributed by atoms with Crippen molar-refractivity contribution in [2.45, 2.75) is 30.8 Å². The summed E-state index contributed by atoms with van der Waals surface area (Å²) in [5.74, 6) is -1.62. The molecule has 0 aliphatic rings. The molecular weight excluding hydrogens is 290 g/mol. The van der Waals surface area contributed by atoms with E-state index < -0.39 is 28.0 Å². The van der Waals surface area contributed by atoms with Crippen molar-refractivity contribution in [3.05, 3.63) is 12.0 Å². The lowest BCUT2D eigenvalue weighted by atomic mass is 10.2. The summed E-state index contributed by atoms with van der Waals surface area (Å²) in [6.07, 6.45) is 0.656. The summed E-state index contributed by atoms with van der Waals surface area (Å²) in [5.41, 5.74) is 0. The van der Waals surface area contributed by atoms with Gasteiger partial charge in [-0.1, -0.05) is 0 Å². The average molecular weight is 305 g/mol. The van der Waals surface area contributed by atoms with Gasteiger partial charge in [0.25, 0.3) is 10.0 Å². The summed E-state index contributed by atoms with van der Waals surface area (Å²) < 4.78 is 30.2. The van der Waals surface area contributed by atoms with E-state index in [-0.39, 0.29) is 17.9 Å². The Morgan fingerprint density at radius 2 is 2.20 bits per heavy atom. The monoisotopic (exact) mass is 305 g/mol. The highest BCUT2D eigenvalue weighted by Crippen LogP contribution is 2.08. The molecule has 0 aromatic carbocycles. The minimum atomic E-state index is -4.04. The fourth-order valence-corrected chi connectivity index (χ4v) is 2.58. The molecule has 0 spiro atoms. The molecule has 112 valence electrons. The van der Waals surface area contributed by atoms with Gasteiger partial charge in [-0.2, -0.15) is 4.72 Å². The fraction of sp³-hybridized carbons (Fsp3) is 0.500. The molecule has 1 atom stereocenters. The summed E-state index contributed by atoms with van der Waals surface area (Å²) in [6.45, 7) is 1.56. The van der Waals surface area contributed by atoms with Gasteiger partial charge in [0.05, 0.1) is 13.3 Å². The number of esters is 1. The molecule has 0 radical (unpaired) electrons. The number of rotatable bonds is 7. The molecule has 0 saturated heterocycles. The number of aromatic amines is 1. The standard InChI is InChI=1S/C10H15N3O6S/c1-6-11-5-8(12-6)20(17,18)13-7(10(15)16)3-4-9(14)19-2/h5,7,13H,3-4H2,1-2H3,(H,11,12)(H,15,16)/t7-/m0/s1. The molecule has 10 heteroatoms. The number of aliphatic carboxylic acids is 1. The second-order valence-corrected chi connectivity index (χ2v) is 5.64. The lowest BCUT2D eigenvalue weighted by Crippen LogP contribution is -2.41. The molecule has 0 fully saturated rings. The molecule has 0 saturated carbocycles. The van der Waals surface area contributed by atoms with E-state index in [0.29, 0.717) is 5.82 Å². The largest absolute Gasteiger partial charge is 0.480 e. The van der Waals surface area contributed by atoms with Crippen LogP contribution in [0.5, 0.6) is 0 Å². The number of carboxylic acid groups (broad SMARTS) is 1. The van der Waals surface area contributed by atoms with Gasteiger partial charge in [0, 0.05) is 6.42 Å². The molecule has 9 nitrogen and oxygen atoms in total. The van der Waals surface area contributed by atoms with Gasteiger partial charge in [-0.15, -0.1) is 0 Å². The first-order valence-corrected chi connectivity index (χ1v) is 7.08. The number of carbonyl (C=O) groups excluding carboxylic acids is 1. The van der Waals surface area contributed by atoms with Crippen molar-refractivity contribution in [2.75, 3.05) is 7.11 Å². The zero-order chi connectivity index (χ0) is 15.3. The minimum absolute atomic E-state index is 0.210. The first kappa shape index (κ1) is 16.1. The van der Waals surface area contributed by atoms with E-state index in [9.17, 15) is 18.0 Å². The number of nitrogens with one attached hydrogen (secondary N) is 2. The van der Waals surface area contributed by atoms with Crippen molar-refractivity contribution >= 4 is 22.0 Å². The number of hydrogen-bond donors (Lipinski definition) is 3. The van der Waals surface area contributed by atoms with E-state index in [4.69, 9.17) is 5.11 Å². The van der Waals surface area contributed by atoms with Crippen molar-refractivity contribution in [1.29, 1.82) is 0 Å². The van der Waals surface area contributed by atoms with Crippen LogP contribution in [-0.4, -0.2) is 48.6 Å². The Morgan fingerprint density at radius 1 is 1.55 bits per heavy atom. The number of methoxy groups -OCH3 is 1. The van der Waals surface area contributed by atoms with Crippen LogP contribution in [0.1, 0.15) is 18.7 Å². The van der Waals surface area contributed by atoms with E-state index in [0.717, 1.165) is 13.3 Å². The number of carbonyl (C=O) groups is 2. The Hall–Kier alpha value is -1.94. The number of sulfonamides is 1. The van der Waals surface area contributed by atoms with Crippen LogP contribution in [0.15, 0.2) is 11.2 Å². The van der Waals surface area contributed by atoms with Crippen LogP contribution in [-0.2, 0) is 24.3 Å². The van der Waals surface area contributed by atoms with Gasteiger partial charge >= 0.3 is 11.9 Å². The first-order chi connectivity index (χ1) is 9.26. The van der Waals surface area contributed by atoms with E-state index in [2.05, 4.69) is 14.7 Å². The lowest BCUT2D eigenvalue weighted by Gasteiger charge is -2.13. The van der Waals surface area contributed by atoms with Crippen molar-refractivity contribution in [3.63, 3.8) is 0 Å². The highest BCUT2D eigenvalue weighted by Gasteiger charge is 2.27. The van der Waals surface area contributed by atoms with Gasteiger partial charge in [-0.05, 0) is 13.3 Å². The van der Waals surface area contributed by atoms with Crippen LogP contribution in [0, 0.1) is 6.92 Å². The minimum Gasteiger partial charge on any atom is -0.480 e. The van der Waals surface area contributed by atoms with Gasteiger partial charge in [0.2, 0.25) is 0 Å². The second kappa shape index (κ2) is 6.48. The predicted octanol–water partition coefficient (Wildman–Crippen LogP) is -0.597. The van der Waals surface area contributed by atoms with E-state index in [1.54, 1.807) is 6.92 Å². The van der Waals surface area contributed by atoms with Crippen LogP contribution in [0.4, 0.5) is 0 Å². The molecule has 0 amide bonds. The predicted molar refractivity (Wildman–Crippen MR) is 66.3 cm³/mol. The molecule has 0 bridgehead atoms. The van der Waals surface area contributed by atoms with Crippen molar-refractivity contribution < 1.29 is 27.9 Å². The van der Waals surface area contributed by atoms with Crippen molar-refractivity contribution in [2.24, 2.45) is 0 Å². The Morgan fingerprint density at radius 3 is 2.65 bits per heavy atom. The van der Waals surface area contributed by atoms with Crippen molar-refractivity contribution in [1.82, 2.24) is 14.7 Å². The summed E-state index contributed by atoms with van der Waals surface area (Å²) in [7, 11) is -2.88. The van der Waals surface area contributed by atoms with Gasteiger partial charge in [-0.25, -0.2) is 13.4 Å². The van der Waals surface area contributed by atoms with Crippen LogP contribution >= 0.6 is 0 Å². The molecule has 1 rings (SSSR count). The number of hydrogen-bond acceptors (Lipinski definition) is 6.